The molecule has 2 aliphatic rings. The fraction of sp³-hybridized carbons (Fsp3) is 0.400. The van der Waals surface area contributed by atoms with Gasteiger partial charge in [-0.05, 0) is 38.3 Å². The second kappa shape index (κ2) is 7.23. The van der Waals surface area contributed by atoms with E-state index >= 15 is 0 Å². The third kappa shape index (κ3) is 3.45. The van der Waals surface area contributed by atoms with Crippen molar-refractivity contribution >= 4 is 23.6 Å². The molecule has 1 heterocycles. The summed E-state index contributed by atoms with van der Waals surface area (Å²) in [6.07, 6.45) is 4.81. The molecule has 136 valence electrons. The van der Waals surface area contributed by atoms with Crippen molar-refractivity contribution in [2.24, 2.45) is 11.8 Å². The Bertz CT molecular complexity index is 784. The summed E-state index contributed by atoms with van der Waals surface area (Å²) < 4.78 is 5.01. The zero-order chi connectivity index (χ0) is 18.8. The third-order valence-corrected chi connectivity index (χ3v) is 4.94. The van der Waals surface area contributed by atoms with Gasteiger partial charge >= 0.3 is 5.97 Å². The molecule has 0 saturated carbocycles. The molecule has 0 aromatic heterocycles. The molecule has 0 unspecified atom stereocenters. The van der Waals surface area contributed by atoms with E-state index in [4.69, 9.17) is 4.74 Å². The minimum Gasteiger partial charge on any atom is -0.456 e. The predicted octanol–water partition coefficient (Wildman–Crippen LogP) is 1.98. The van der Waals surface area contributed by atoms with Crippen LogP contribution < -0.4 is 0 Å². The lowest BCUT2D eigenvalue weighted by atomic mass is 9.85. The van der Waals surface area contributed by atoms with Crippen LogP contribution >= 0.6 is 0 Å². The van der Waals surface area contributed by atoms with Gasteiger partial charge in [0.15, 0.2) is 6.61 Å². The van der Waals surface area contributed by atoms with E-state index in [2.05, 4.69) is 0 Å². The van der Waals surface area contributed by atoms with Crippen molar-refractivity contribution < 1.29 is 23.9 Å². The lowest BCUT2D eigenvalue weighted by Crippen LogP contribution is -2.37. The van der Waals surface area contributed by atoms with Crippen LogP contribution in [0.15, 0.2) is 30.4 Å². The lowest BCUT2D eigenvalue weighted by Gasteiger charge is -2.14. The number of Topliss-reactive ketones (excluding diaryl/α,β-unsaturated/α-hetero) is 1. The number of ketones is 1. The van der Waals surface area contributed by atoms with E-state index in [1.165, 1.54) is 0 Å². The van der Waals surface area contributed by atoms with Gasteiger partial charge in [-0.25, -0.2) is 0 Å². The molecule has 6 heteroatoms. The molecule has 26 heavy (non-hydrogen) atoms. The second-order valence-electron chi connectivity index (χ2n) is 6.82. The van der Waals surface area contributed by atoms with Gasteiger partial charge in [-0.15, -0.1) is 0 Å². The van der Waals surface area contributed by atoms with Gasteiger partial charge in [0.25, 0.3) is 0 Å². The molecule has 0 radical (unpaired) electrons. The first-order chi connectivity index (χ1) is 12.4. The van der Waals surface area contributed by atoms with Crippen LogP contribution in [0.1, 0.15) is 34.3 Å². The van der Waals surface area contributed by atoms with Gasteiger partial charge < -0.3 is 4.74 Å². The molecular weight excluding hydrogens is 334 g/mol. The smallest absolute Gasteiger partial charge is 0.326 e. The number of imide groups is 1. The van der Waals surface area contributed by atoms with E-state index in [1.54, 1.807) is 6.07 Å². The molecule has 0 N–H and O–H groups in total. The lowest BCUT2D eigenvalue weighted by molar-refractivity contribution is -0.152. The highest BCUT2D eigenvalue weighted by Gasteiger charge is 2.47. The molecule has 3 rings (SSSR count). The molecule has 1 aliphatic carbocycles. The van der Waals surface area contributed by atoms with E-state index in [0.29, 0.717) is 18.4 Å². The minimum absolute atomic E-state index is 0.309. The van der Waals surface area contributed by atoms with Gasteiger partial charge in [0.2, 0.25) is 17.6 Å². The zero-order valence-electron chi connectivity index (χ0n) is 14.9. The van der Waals surface area contributed by atoms with Crippen LogP contribution in [0.4, 0.5) is 0 Å². The number of allylic oxidation sites excluding steroid dienone is 2. The number of aryl methyl sites for hydroxylation is 2. The van der Waals surface area contributed by atoms with Crippen LogP contribution in [0.3, 0.4) is 0 Å². The number of nitrogens with zero attached hydrogens (tertiary/aromatic N) is 1. The molecule has 1 saturated heterocycles. The summed E-state index contributed by atoms with van der Waals surface area (Å²) in [7, 11) is 0. The Balaban J connectivity index is 1.58. The normalized spacial score (nSPS) is 21.7. The maximum Gasteiger partial charge on any atom is 0.326 e. The maximum atomic E-state index is 12.3. The van der Waals surface area contributed by atoms with E-state index in [0.717, 1.165) is 16.0 Å². The van der Waals surface area contributed by atoms with E-state index in [-0.39, 0.29) is 29.4 Å². The number of rotatable bonds is 5. The van der Waals surface area contributed by atoms with Gasteiger partial charge in [0.1, 0.15) is 6.54 Å². The molecule has 1 aliphatic heterocycles. The number of hydrogen-bond donors (Lipinski definition) is 0. The largest absolute Gasteiger partial charge is 0.456 e. The number of ether oxygens (including phenoxy) is 1. The summed E-state index contributed by atoms with van der Waals surface area (Å²) in [5, 5.41) is 0. The van der Waals surface area contributed by atoms with Crippen LogP contribution in [0, 0.1) is 25.7 Å². The average molecular weight is 355 g/mol. The molecular formula is C20H21NO5. The van der Waals surface area contributed by atoms with Gasteiger partial charge in [0, 0.05) is 5.56 Å². The SMILES string of the molecule is Cc1ccc(C)c(C(=O)COC(=O)CN2C(=O)[C@H]3CC=CC[C@H]3C2=O)c1. The molecule has 0 spiro atoms. The standard InChI is InChI=1S/C20H21NO5/c1-12-7-8-13(2)16(9-12)17(22)11-26-18(23)10-21-19(24)14-5-3-4-6-15(14)20(21)25/h3-4,7-9,14-15H,5-6,10-11H2,1-2H3/t14-,15+. The van der Waals surface area contributed by atoms with E-state index < -0.39 is 19.1 Å². The topological polar surface area (TPSA) is 80.8 Å². The van der Waals surface area contributed by atoms with Crippen LogP contribution in [0.5, 0.6) is 0 Å². The predicted molar refractivity (Wildman–Crippen MR) is 93.3 cm³/mol. The monoisotopic (exact) mass is 355 g/mol. The van der Waals surface area contributed by atoms with Crippen molar-refractivity contribution in [3.05, 3.63) is 47.0 Å². The maximum absolute atomic E-state index is 12.3. The van der Waals surface area contributed by atoms with Gasteiger partial charge in [0.05, 0.1) is 11.8 Å². The molecule has 0 bridgehead atoms. The van der Waals surface area contributed by atoms with Gasteiger partial charge in [-0.1, -0.05) is 29.8 Å². The summed E-state index contributed by atoms with van der Waals surface area (Å²) in [6.45, 7) is 2.84. The summed E-state index contributed by atoms with van der Waals surface area (Å²) >= 11 is 0. The number of carbonyl (C=O) groups excluding carboxylic acids is 4. The van der Waals surface area contributed by atoms with E-state index in [9.17, 15) is 19.2 Å². The number of esters is 1. The van der Waals surface area contributed by atoms with Crippen LogP contribution in [0.2, 0.25) is 0 Å². The summed E-state index contributed by atoms with van der Waals surface area (Å²) in [6, 6.07) is 5.48. The Morgan fingerprint density at radius 2 is 1.69 bits per heavy atom. The minimum atomic E-state index is -0.753. The fourth-order valence-corrected chi connectivity index (χ4v) is 3.46. The van der Waals surface area contributed by atoms with Gasteiger partial charge in [-0.2, -0.15) is 0 Å². The van der Waals surface area contributed by atoms with E-state index in [1.807, 2.05) is 38.1 Å². The van der Waals surface area contributed by atoms with Crippen molar-refractivity contribution in [3.8, 4) is 0 Å². The Kier molecular flexibility index (Phi) is 5.02. The van der Waals surface area contributed by atoms with Gasteiger partial charge in [-0.3, -0.25) is 24.1 Å². The highest BCUT2D eigenvalue weighted by atomic mass is 16.5. The first-order valence-corrected chi connectivity index (χ1v) is 8.64. The second-order valence-corrected chi connectivity index (χ2v) is 6.82. The van der Waals surface area contributed by atoms with Crippen molar-refractivity contribution in [1.82, 2.24) is 4.90 Å². The van der Waals surface area contributed by atoms with Crippen molar-refractivity contribution in [2.45, 2.75) is 26.7 Å². The quantitative estimate of drug-likeness (QED) is 0.349. The van der Waals surface area contributed by atoms with Crippen LogP contribution in [0.25, 0.3) is 0 Å². The summed E-state index contributed by atoms with van der Waals surface area (Å²) in [5.74, 6) is -2.48. The Morgan fingerprint density at radius 1 is 1.08 bits per heavy atom. The number of likely N-dealkylation sites (tertiary alicyclic amines) is 1. The average Bonchev–Trinajstić information content (AvgIpc) is 2.87. The molecule has 1 aromatic carbocycles. The molecule has 6 nitrogen and oxygen atoms in total. The number of amides is 2. The zero-order valence-corrected chi connectivity index (χ0v) is 14.9. The molecule has 1 aromatic rings. The Hall–Kier alpha value is -2.76. The molecule has 2 amide bonds. The Labute approximate surface area is 151 Å². The number of fused-ring (bicyclic) bond motifs is 1. The van der Waals surface area contributed by atoms with Crippen molar-refractivity contribution in [2.75, 3.05) is 13.2 Å². The van der Waals surface area contributed by atoms with Crippen LogP contribution in [-0.4, -0.2) is 41.6 Å². The summed E-state index contributed by atoms with van der Waals surface area (Å²) in [5.41, 5.74) is 2.25. The first-order valence-electron chi connectivity index (χ1n) is 8.64. The number of hydrogen-bond acceptors (Lipinski definition) is 5. The van der Waals surface area contributed by atoms with Crippen molar-refractivity contribution in [1.29, 1.82) is 0 Å². The number of carbonyl (C=O) groups is 4. The highest BCUT2D eigenvalue weighted by molar-refractivity contribution is 6.07. The Morgan fingerprint density at radius 3 is 2.31 bits per heavy atom. The fourth-order valence-electron chi connectivity index (χ4n) is 3.46. The number of benzene rings is 1. The van der Waals surface area contributed by atoms with Crippen molar-refractivity contribution in [3.63, 3.8) is 0 Å². The third-order valence-electron chi connectivity index (χ3n) is 4.94. The summed E-state index contributed by atoms with van der Waals surface area (Å²) in [4.78, 5) is 49.9. The first kappa shape index (κ1) is 18.0. The molecule has 1 fully saturated rings. The van der Waals surface area contributed by atoms with Crippen LogP contribution in [-0.2, 0) is 19.1 Å². The molecule has 2 atom stereocenters. The highest BCUT2D eigenvalue weighted by Crippen LogP contribution is 2.34.